The Labute approximate surface area is 198 Å². The zero-order valence-electron chi connectivity index (χ0n) is 17.8. The van der Waals surface area contributed by atoms with Gasteiger partial charge in [0.2, 0.25) is 0 Å². The average Bonchev–Trinajstić information content (AvgIpc) is 2.78. The summed E-state index contributed by atoms with van der Waals surface area (Å²) in [4.78, 5) is 1.49. The first-order valence-corrected chi connectivity index (χ1v) is 11.0. The Morgan fingerprint density at radius 2 is 1.76 bits per heavy atom. The number of fused-ring (bicyclic) bond motifs is 1. The molecule has 0 amide bonds. The smallest absolute Gasteiger partial charge is 0.416 e. The van der Waals surface area contributed by atoms with Crippen LogP contribution in [0.1, 0.15) is 23.6 Å². The molecule has 0 aromatic heterocycles. The average molecular weight is 498 g/mol. The fourth-order valence-electron chi connectivity index (χ4n) is 4.40. The van der Waals surface area contributed by atoms with Crippen LogP contribution in [-0.4, -0.2) is 30.5 Å². The van der Waals surface area contributed by atoms with E-state index in [1.165, 1.54) is 23.1 Å². The summed E-state index contributed by atoms with van der Waals surface area (Å²) in [7, 11) is 0. The lowest BCUT2D eigenvalue weighted by molar-refractivity contribution is -0.200. The second-order valence-electron chi connectivity index (χ2n) is 8.03. The number of nitrogens with zero attached hydrogens (tertiary/aromatic N) is 1. The lowest BCUT2D eigenvalue weighted by Crippen LogP contribution is -2.44. The van der Waals surface area contributed by atoms with Crippen LogP contribution >= 0.6 is 11.6 Å². The van der Waals surface area contributed by atoms with E-state index in [0.29, 0.717) is 29.1 Å². The summed E-state index contributed by atoms with van der Waals surface area (Å²) >= 11 is 6.15. The molecule has 34 heavy (non-hydrogen) atoms. The highest BCUT2D eigenvalue weighted by Gasteiger charge is 2.41. The highest BCUT2D eigenvalue weighted by Crippen LogP contribution is 2.44. The van der Waals surface area contributed by atoms with Crippen molar-refractivity contribution in [2.24, 2.45) is 0 Å². The number of ether oxygens (including phenoxy) is 1. The number of hydrogen-bond donors (Lipinski definition) is 1. The second-order valence-corrected chi connectivity index (χ2v) is 8.47. The van der Waals surface area contributed by atoms with Gasteiger partial charge in [-0.15, -0.1) is 0 Å². The Bertz CT molecular complexity index is 1150. The van der Waals surface area contributed by atoms with Gasteiger partial charge in [-0.05, 0) is 65.4 Å². The van der Waals surface area contributed by atoms with Crippen molar-refractivity contribution in [3.8, 4) is 16.9 Å². The maximum absolute atomic E-state index is 13.3. The molecule has 0 saturated carbocycles. The Kier molecular flexibility index (Phi) is 7.00. The van der Waals surface area contributed by atoms with Crippen LogP contribution < -0.4 is 9.64 Å². The molecule has 0 aliphatic carbocycles. The summed E-state index contributed by atoms with van der Waals surface area (Å²) in [5, 5.41) is 10.4. The Hall–Kier alpha value is -2.84. The van der Waals surface area contributed by atoms with E-state index in [-0.39, 0.29) is 5.75 Å². The van der Waals surface area contributed by atoms with Crippen molar-refractivity contribution in [1.29, 1.82) is 0 Å². The summed E-state index contributed by atoms with van der Waals surface area (Å²) in [6.45, 7) is -3.73. The van der Waals surface area contributed by atoms with Crippen LogP contribution in [0.4, 0.5) is 27.6 Å². The molecule has 1 heterocycles. The van der Waals surface area contributed by atoms with Gasteiger partial charge in [0.05, 0.1) is 12.6 Å². The van der Waals surface area contributed by atoms with Gasteiger partial charge in [0.25, 0.3) is 0 Å². The van der Waals surface area contributed by atoms with Crippen molar-refractivity contribution in [1.82, 2.24) is 0 Å². The maximum atomic E-state index is 13.3. The zero-order chi connectivity index (χ0) is 24.5. The maximum Gasteiger partial charge on any atom is 0.416 e. The van der Waals surface area contributed by atoms with E-state index in [1.807, 2.05) is 12.1 Å². The van der Waals surface area contributed by atoms with E-state index in [2.05, 4.69) is 4.74 Å². The summed E-state index contributed by atoms with van der Waals surface area (Å²) < 4.78 is 69.8. The molecule has 3 aromatic rings. The second kappa shape index (κ2) is 9.80. The number of halogens is 6. The predicted molar refractivity (Wildman–Crippen MR) is 120 cm³/mol. The Balaban J connectivity index is 1.78. The zero-order valence-corrected chi connectivity index (χ0v) is 18.5. The third kappa shape index (κ3) is 5.28. The third-order valence-corrected chi connectivity index (χ3v) is 6.09. The summed E-state index contributed by atoms with van der Waals surface area (Å²) in [6.07, 6.45) is -6.46. The number of hydrogen-bond acceptors (Lipinski definition) is 3. The van der Waals surface area contributed by atoms with Crippen LogP contribution in [0, 0.1) is 0 Å². The number of rotatable bonds is 6. The first-order chi connectivity index (χ1) is 16.1. The van der Waals surface area contributed by atoms with E-state index in [9.17, 15) is 27.1 Å². The third-order valence-electron chi connectivity index (χ3n) is 5.86. The number of alkyl halides is 5. The molecule has 0 spiro atoms. The van der Waals surface area contributed by atoms with Crippen molar-refractivity contribution in [2.75, 3.05) is 11.4 Å². The van der Waals surface area contributed by atoms with Gasteiger partial charge in [0.1, 0.15) is 5.75 Å². The molecule has 3 nitrogen and oxygen atoms in total. The molecule has 0 fully saturated rings. The SMILES string of the molecule is OC(CN1c2cccc(-c3cccc(Cl)c3)c2CCC1c1cccc(OC(F)F)c1)C(F)(F)F. The van der Waals surface area contributed by atoms with Crippen molar-refractivity contribution in [2.45, 2.75) is 37.8 Å². The van der Waals surface area contributed by atoms with E-state index in [0.717, 1.165) is 16.7 Å². The lowest BCUT2D eigenvalue weighted by Gasteiger charge is -2.41. The predicted octanol–water partition coefficient (Wildman–Crippen LogP) is 7.03. The molecule has 3 aromatic carbocycles. The number of aliphatic hydroxyl groups excluding tert-OH is 1. The molecule has 0 radical (unpaired) electrons. The molecular weight excluding hydrogens is 477 g/mol. The molecule has 1 aliphatic heterocycles. The van der Waals surface area contributed by atoms with Crippen LogP contribution in [0.5, 0.6) is 5.75 Å². The van der Waals surface area contributed by atoms with Gasteiger partial charge in [-0.25, -0.2) is 0 Å². The molecule has 0 bridgehead atoms. The molecule has 9 heteroatoms. The molecule has 2 atom stereocenters. The Morgan fingerprint density at radius 1 is 1.03 bits per heavy atom. The van der Waals surface area contributed by atoms with Gasteiger partial charge in [-0.3, -0.25) is 0 Å². The van der Waals surface area contributed by atoms with Gasteiger partial charge >= 0.3 is 12.8 Å². The molecule has 180 valence electrons. The van der Waals surface area contributed by atoms with Crippen molar-refractivity contribution < 1.29 is 31.8 Å². The van der Waals surface area contributed by atoms with Gasteiger partial charge in [-0.1, -0.05) is 48.0 Å². The minimum atomic E-state index is -4.81. The highest BCUT2D eigenvalue weighted by atomic mass is 35.5. The standard InChI is InChI=1S/C25H21ClF5NO2/c26-17-6-1-4-15(12-17)19-8-3-9-22-20(19)10-11-21(32(22)14-23(33)25(29,30)31)16-5-2-7-18(13-16)34-24(27)28/h1-9,12-13,21,23-24,33H,10-11,14H2. The molecule has 0 saturated heterocycles. The number of aliphatic hydroxyl groups is 1. The minimum Gasteiger partial charge on any atom is -0.435 e. The van der Waals surface area contributed by atoms with Gasteiger partial charge in [0, 0.05) is 10.7 Å². The first kappa shape index (κ1) is 24.3. The molecule has 1 N–H and O–H groups in total. The quantitative estimate of drug-likeness (QED) is 0.371. The normalized spacial score (nSPS) is 16.9. The fourth-order valence-corrected chi connectivity index (χ4v) is 4.59. The van der Waals surface area contributed by atoms with E-state index < -0.39 is 31.5 Å². The summed E-state index contributed by atoms with van der Waals surface area (Å²) in [5.41, 5.74) is 3.55. The molecule has 4 rings (SSSR count). The van der Waals surface area contributed by atoms with Crippen LogP contribution in [0.3, 0.4) is 0 Å². The van der Waals surface area contributed by atoms with Crippen molar-refractivity contribution in [3.05, 3.63) is 82.9 Å². The molecule has 2 unspecified atom stereocenters. The topological polar surface area (TPSA) is 32.7 Å². The first-order valence-electron chi connectivity index (χ1n) is 10.6. The van der Waals surface area contributed by atoms with E-state index in [1.54, 1.807) is 36.4 Å². The largest absolute Gasteiger partial charge is 0.435 e. The Morgan fingerprint density at radius 3 is 2.47 bits per heavy atom. The minimum absolute atomic E-state index is 0.0812. The number of benzene rings is 3. The van der Waals surface area contributed by atoms with Crippen molar-refractivity contribution in [3.63, 3.8) is 0 Å². The summed E-state index contributed by atoms with van der Waals surface area (Å²) in [6, 6.07) is 17.8. The van der Waals surface area contributed by atoms with Gasteiger partial charge < -0.3 is 14.7 Å². The monoisotopic (exact) mass is 497 g/mol. The van der Waals surface area contributed by atoms with Crippen LogP contribution in [0.15, 0.2) is 66.7 Å². The van der Waals surface area contributed by atoms with Gasteiger partial charge in [0.15, 0.2) is 6.10 Å². The van der Waals surface area contributed by atoms with Crippen LogP contribution in [0.25, 0.3) is 11.1 Å². The lowest BCUT2D eigenvalue weighted by atomic mass is 9.86. The van der Waals surface area contributed by atoms with Crippen molar-refractivity contribution >= 4 is 17.3 Å². The van der Waals surface area contributed by atoms with Crippen LogP contribution in [0.2, 0.25) is 5.02 Å². The van der Waals surface area contributed by atoms with Gasteiger partial charge in [-0.2, -0.15) is 22.0 Å². The highest BCUT2D eigenvalue weighted by molar-refractivity contribution is 6.30. The van der Waals surface area contributed by atoms with E-state index >= 15 is 0 Å². The molecular formula is C25H21ClF5NO2. The molecule has 1 aliphatic rings. The number of anilines is 1. The summed E-state index contributed by atoms with van der Waals surface area (Å²) in [5.74, 6) is -0.0812. The van der Waals surface area contributed by atoms with Crippen LogP contribution in [-0.2, 0) is 6.42 Å². The van der Waals surface area contributed by atoms with E-state index in [4.69, 9.17) is 11.6 Å². The fraction of sp³-hybridized carbons (Fsp3) is 0.280. The number of β-amino-alcohol motifs (C(OH)–C–C–N with tert-alkyl or cyclic N) is 1.